The Morgan fingerprint density at radius 1 is 1.05 bits per heavy atom. The van der Waals surface area contributed by atoms with Crippen molar-refractivity contribution in [2.45, 2.75) is 6.54 Å². The molecule has 0 radical (unpaired) electrons. The summed E-state index contributed by atoms with van der Waals surface area (Å²) < 4.78 is 17.6. The average Bonchev–Trinajstić information content (AvgIpc) is 2.98. The standard InChI is InChI=1S/C27H34BBrN6O7/c1-31-16-19-4-3-5-21(33-26(36)23-25(30)32-17-22(29)34-23)24(19)42-15-14-41-13-12-40-11-10-35(2)27(37)18-6-8-20(9-7-18)28(38)39/h3-9,17,31,38-39H,10-16H2,1-2H3,(H2,30,32)(H,33,36). The normalized spacial score (nSPS) is 10.8. The third-order valence-electron chi connectivity index (χ3n) is 5.92. The van der Waals surface area contributed by atoms with Gasteiger partial charge in [0.25, 0.3) is 11.8 Å². The number of amides is 2. The Bertz CT molecular complexity index is 1330. The van der Waals surface area contributed by atoms with Crippen LogP contribution in [0.4, 0.5) is 11.5 Å². The number of anilines is 2. The van der Waals surface area contributed by atoms with Gasteiger partial charge in [-0.3, -0.25) is 9.59 Å². The molecule has 15 heteroatoms. The molecule has 0 aliphatic heterocycles. The van der Waals surface area contributed by atoms with Crippen molar-refractivity contribution in [3.05, 3.63) is 70.1 Å². The first-order valence-electron chi connectivity index (χ1n) is 13.1. The van der Waals surface area contributed by atoms with E-state index in [4.69, 9.17) is 19.9 Å². The largest absolute Gasteiger partial charge is 0.489 e. The smallest absolute Gasteiger partial charge is 0.488 e. The number of ether oxygens (including phenoxy) is 3. The highest BCUT2D eigenvalue weighted by Crippen LogP contribution is 2.30. The highest BCUT2D eigenvalue weighted by molar-refractivity contribution is 9.10. The number of rotatable bonds is 16. The Labute approximate surface area is 252 Å². The lowest BCUT2D eigenvalue weighted by molar-refractivity contribution is 0.0301. The van der Waals surface area contributed by atoms with Gasteiger partial charge in [-0.25, -0.2) is 9.97 Å². The molecular weight excluding hydrogens is 611 g/mol. The molecule has 3 rings (SSSR count). The topological polar surface area (TPSA) is 181 Å². The Kier molecular flexibility index (Phi) is 13.1. The quantitative estimate of drug-likeness (QED) is 0.109. The van der Waals surface area contributed by atoms with E-state index in [0.717, 1.165) is 5.56 Å². The van der Waals surface area contributed by atoms with Gasteiger partial charge in [0.2, 0.25) is 0 Å². The van der Waals surface area contributed by atoms with Gasteiger partial charge in [0.05, 0.1) is 38.3 Å². The number of nitrogens with two attached hydrogens (primary N) is 1. The maximum absolute atomic E-state index is 12.8. The average molecular weight is 645 g/mol. The SMILES string of the molecule is CNCc1cccc(NC(=O)c2nc(Br)cnc2N)c1OCCOCCOCCN(C)C(=O)c1ccc(B(O)O)cc1. The highest BCUT2D eigenvalue weighted by atomic mass is 79.9. The third-order valence-corrected chi connectivity index (χ3v) is 6.30. The zero-order valence-corrected chi connectivity index (χ0v) is 25.0. The first kappa shape index (κ1) is 32.9. The van der Waals surface area contributed by atoms with E-state index in [9.17, 15) is 19.6 Å². The van der Waals surface area contributed by atoms with E-state index >= 15 is 0 Å². The first-order chi connectivity index (χ1) is 20.2. The van der Waals surface area contributed by atoms with Gasteiger partial charge in [0.15, 0.2) is 11.5 Å². The van der Waals surface area contributed by atoms with Gasteiger partial charge in [-0.2, -0.15) is 0 Å². The molecule has 0 atom stereocenters. The summed E-state index contributed by atoms with van der Waals surface area (Å²) in [6.07, 6.45) is 1.41. The van der Waals surface area contributed by atoms with Gasteiger partial charge < -0.3 is 45.5 Å². The van der Waals surface area contributed by atoms with Crippen LogP contribution < -0.4 is 26.6 Å². The molecule has 0 fully saturated rings. The number of carbonyl (C=O) groups is 2. The number of benzene rings is 2. The van der Waals surface area contributed by atoms with Crippen molar-refractivity contribution < 1.29 is 33.8 Å². The number of aromatic nitrogens is 2. The molecule has 0 saturated carbocycles. The molecule has 0 saturated heterocycles. The molecule has 224 valence electrons. The molecule has 0 aliphatic carbocycles. The number of nitrogens with zero attached hydrogens (tertiary/aromatic N) is 3. The van der Waals surface area contributed by atoms with Gasteiger partial charge in [-0.05, 0) is 46.6 Å². The molecule has 0 aliphatic rings. The molecule has 1 heterocycles. The zero-order valence-electron chi connectivity index (χ0n) is 23.4. The van der Waals surface area contributed by atoms with Crippen molar-refractivity contribution in [1.29, 1.82) is 0 Å². The second-order valence-corrected chi connectivity index (χ2v) is 9.81. The summed E-state index contributed by atoms with van der Waals surface area (Å²) in [5.74, 6) is -0.217. The number of para-hydroxylation sites is 1. The first-order valence-corrected chi connectivity index (χ1v) is 13.9. The molecule has 6 N–H and O–H groups in total. The molecule has 0 unspecified atom stereocenters. The molecule has 42 heavy (non-hydrogen) atoms. The second kappa shape index (κ2) is 16.7. The Morgan fingerprint density at radius 2 is 1.74 bits per heavy atom. The minimum Gasteiger partial charge on any atom is -0.489 e. The van der Waals surface area contributed by atoms with Crippen LogP contribution in [0.25, 0.3) is 0 Å². The number of nitrogen functional groups attached to an aromatic ring is 1. The molecule has 3 aromatic rings. The van der Waals surface area contributed by atoms with Crippen molar-refractivity contribution in [3.63, 3.8) is 0 Å². The van der Waals surface area contributed by atoms with E-state index in [1.807, 2.05) is 19.2 Å². The molecule has 2 amide bonds. The molecule has 2 aromatic carbocycles. The summed E-state index contributed by atoms with van der Waals surface area (Å²) in [5.41, 5.74) is 7.87. The van der Waals surface area contributed by atoms with Gasteiger partial charge in [-0.15, -0.1) is 0 Å². The Hall–Kier alpha value is -3.60. The maximum atomic E-state index is 12.8. The van der Waals surface area contributed by atoms with Crippen LogP contribution in [0.1, 0.15) is 26.4 Å². The fourth-order valence-electron chi connectivity index (χ4n) is 3.75. The van der Waals surface area contributed by atoms with E-state index in [1.165, 1.54) is 23.2 Å². The predicted octanol–water partition coefficient (Wildman–Crippen LogP) is 0.657. The van der Waals surface area contributed by atoms with Crippen LogP contribution in [0, 0.1) is 0 Å². The number of nitrogens with one attached hydrogen (secondary N) is 2. The van der Waals surface area contributed by atoms with Crippen LogP contribution in [-0.4, -0.2) is 97.5 Å². The Morgan fingerprint density at radius 3 is 2.43 bits per heavy atom. The van der Waals surface area contributed by atoms with E-state index in [2.05, 4.69) is 36.5 Å². The molecule has 1 aromatic heterocycles. The highest BCUT2D eigenvalue weighted by Gasteiger charge is 2.18. The van der Waals surface area contributed by atoms with Crippen LogP contribution in [0.2, 0.25) is 0 Å². The molecule has 0 bridgehead atoms. The summed E-state index contributed by atoms with van der Waals surface area (Å²) in [5, 5.41) is 24.2. The van der Waals surface area contributed by atoms with E-state index in [1.54, 1.807) is 25.2 Å². The van der Waals surface area contributed by atoms with Crippen LogP contribution in [0.15, 0.2) is 53.3 Å². The summed E-state index contributed by atoms with van der Waals surface area (Å²) in [4.78, 5) is 34.9. The minimum atomic E-state index is -1.58. The molecular formula is C27H34BBrN6O7. The predicted molar refractivity (Wildman–Crippen MR) is 162 cm³/mol. The van der Waals surface area contributed by atoms with E-state index in [0.29, 0.717) is 60.0 Å². The monoisotopic (exact) mass is 644 g/mol. The van der Waals surface area contributed by atoms with Crippen molar-refractivity contribution in [1.82, 2.24) is 20.2 Å². The van der Waals surface area contributed by atoms with E-state index in [-0.39, 0.29) is 30.6 Å². The summed E-state index contributed by atoms with van der Waals surface area (Å²) in [6, 6.07) is 11.5. The summed E-state index contributed by atoms with van der Waals surface area (Å²) in [6.45, 7) is 2.38. The van der Waals surface area contributed by atoms with Gasteiger partial charge in [-0.1, -0.05) is 24.3 Å². The van der Waals surface area contributed by atoms with Crippen LogP contribution >= 0.6 is 15.9 Å². The lowest BCUT2D eigenvalue weighted by Gasteiger charge is -2.18. The third kappa shape index (κ3) is 9.75. The number of carbonyl (C=O) groups excluding carboxylic acids is 2. The summed E-state index contributed by atoms with van der Waals surface area (Å²) >= 11 is 3.20. The Balaban J connectivity index is 1.40. The maximum Gasteiger partial charge on any atom is 0.488 e. The number of hydrogen-bond acceptors (Lipinski definition) is 11. The van der Waals surface area contributed by atoms with Crippen molar-refractivity contribution in [2.75, 3.05) is 64.7 Å². The van der Waals surface area contributed by atoms with Crippen LogP contribution in [-0.2, 0) is 16.0 Å². The molecule has 13 nitrogen and oxygen atoms in total. The lowest BCUT2D eigenvalue weighted by Crippen LogP contribution is -2.32. The fraction of sp³-hybridized carbons (Fsp3) is 0.333. The van der Waals surface area contributed by atoms with Crippen molar-refractivity contribution in [2.24, 2.45) is 0 Å². The van der Waals surface area contributed by atoms with Gasteiger partial charge in [0.1, 0.15) is 17.0 Å². The van der Waals surface area contributed by atoms with Crippen LogP contribution in [0.5, 0.6) is 5.75 Å². The summed E-state index contributed by atoms with van der Waals surface area (Å²) in [7, 11) is 1.90. The number of halogens is 1. The number of likely N-dealkylation sites (N-methyl/N-ethyl adjacent to an activating group) is 1. The van der Waals surface area contributed by atoms with Gasteiger partial charge >= 0.3 is 7.12 Å². The molecule has 0 spiro atoms. The van der Waals surface area contributed by atoms with Crippen molar-refractivity contribution in [3.8, 4) is 5.75 Å². The van der Waals surface area contributed by atoms with Gasteiger partial charge in [0, 0.05) is 31.3 Å². The minimum absolute atomic E-state index is 0.00784. The lowest BCUT2D eigenvalue weighted by atomic mass is 9.80. The van der Waals surface area contributed by atoms with E-state index < -0.39 is 13.0 Å². The fourth-order valence-corrected chi connectivity index (χ4v) is 4.03. The number of hydrogen-bond donors (Lipinski definition) is 5. The second-order valence-electron chi connectivity index (χ2n) is 9.00. The zero-order chi connectivity index (χ0) is 30.5. The van der Waals surface area contributed by atoms with Crippen molar-refractivity contribution >= 4 is 51.8 Å². The van der Waals surface area contributed by atoms with Crippen LogP contribution in [0.3, 0.4) is 0 Å².